The Morgan fingerprint density at radius 2 is 1.88 bits per heavy atom. The summed E-state index contributed by atoms with van der Waals surface area (Å²) >= 11 is 0. The Kier molecular flexibility index (Phi) is 4.99. The van der Waals surface area contributed by atoms with Crippen molar-refractivity contribution in [3.05, 3.63) is 71.7 Å². The zero-order valence-electron chi connectivity index (χ0n) is 14.2. The molecule has 25 heavy (non-hydrogen) atoms. The van der Waals surface area contributed by atoms with Crippen LogP contribution in [0.5, 0.6) is 0 Å². The van der Waals surface area contributed by atoms with Crippen LogP contribution in [0.1, 0.15) is 28.5 Å². The van der Waals surface area contributed by atoms with E-state index in [-0.39, 0.29) is 5.78 Å². The number of hydrogen-bond acceptors (Lipinski definition) is 6. The van der Waals surface area contributed by atoms with Crippen molar-refractivity contribution in [1.82, 2.24) is 15.0 Å². The molecule has 1 aromatic carbocycles. The molecule has 6 nitrogen and oxygen atoms in total. The first-order valence-corrected chi connectivity index (χ1v) is 7.96. The number of carbonyl (C=O) groups excluding carboxylic acids is 1. The van der Waals surface area contributed by atoms with Gasteiger partial charge in [-0.3, -0.25) is 9.78 Å². The maximum Gasteiger partial charge on any atom is 0.225 e. The Bertz CT molecular complexity index is 880. The monoisotopic (exact) mass is 333 g/mol. The van der Waals surface area contributed by atoms with E-state index in [1.165, 1.54) is 0 Å². The number of nitrogens with zero attached hydrogens (tertiary/aromatic N) is 3. The van der Waals surface area contributed by atoms with Crippen molar-refractivity contribution in [2.24, 2.45) is 0 Å². The third-order valence-electron chi connectivity index (χ3n) is 3.60. The van der Waals surface area contributed by atoms with Gasteiger partial charge in [0.05, 0.1) is 0 Å². The van der Waals surface area contributed by atoms with Gasteiger partial charge in [0.25, 0.3) is 0 Å². The van der Waals surface area contributed by atoms with E-state index in [4.69, 9.17) is 0 Å². The fourth-order valence-electron chi connectivity index (χ4n) is 2.36. The molecule has 0 atom stereocenters. The van der Waals surface area contributed by atoms with Crippen molar-refractivity contribution in [3.63, 3.8) is 0 Å². The van der Waals surface area contributed by atoms with Crippen LogP contribution in [0, 0.1) is 6.92 Å². The normalized spacial score (nSPS) is 10.3. The van der Waals surface area contributed by atoms with Gasteiger partial charge in [0.2, 0.25) is 5.95 Å². The van der Waals surface area contributed by atoms with Crippen molar-refractivity contribution in [2.75, 3.05) is 10.6 Å². The van der Waals surface area contributed by atoms with Crippen LogP contribution in [-0.2, 0) is 6.54 Å². The van der Waals surface area contributed by atoms with Crippen LogP contribution in [-0.4, -0.2) is 20.7 Å². The molecule has 0 spiro atoms. The topological polar surface area (TPSA) is 79.8 Å². The minimum absolute atomic E-state index is 0.0298. The van der Waals surface area contributed by atoms with Crippen LogP contribution in [0.3, 0.4) is 0 Å². The Hall–Kier alpha value is -3.28. The van der Waals surface area contributed by atoms with Crippen LogP contribution in [0.2, 0.25) is 0 Å². The van der Waals surface area contributed by atoms with E-state index in [0.29, 0.717) is 23.9 Å². The standard InChI is InChI=1S/C19H19N5O/c1-13-10-18(23-17-5-3-4-16(11-17)14(2)25)24-19(22-13)21-12-15-6-8-20-9-7-15/h3-11H,12H2,1-2H3,(H2,21,22,23,24). The van der Waals surface area contributed by atoms with E-state index in [1.807, 2.05) is 43.3 Å². The van der Waals surface area contributed by atoms with Gasteiger partial charge in [-0.25, -0.2) is 4.98 Å². The summed E-state index contributed by atoms with van der Waals surface area (Å²) in [6.45, 7) is 4.08. The average molecular weight is 333 g/mol. The van der Waals surface area contributed by atoms with Gasteiger partial charge in [-0.15, -0.1) is 0 Å². The quantitative estimate of drug-likeness (QED) is 0.669. The summed E-state index contributed by atoms with van der Waals surface area (Å²) in [6, 6.07) is 13.1. The second-order valence-corrected chi connectivity index (χ2v) is 5.69. The molecule has 0 saturated heterocycles. The summed E-state index contributed by atoms with van der Waals surface area (Å²) in [5.41, 5.74) is 3.42. The second-order valence-electron chi connectivity index (χ2n) is 5.69. The number of aryl methyl sites for hydroxylation is 1. The first-order chi connectivity index (χ1) is 12.1. The Morgan fingerprint density at radius 3 is 2.64 bits per heavy atom. The van der Waals surface area contributed by atoms with Crippen LogP contribution in [0.25, 0.3) is 0 Å². The largest absolute Gasteiger partial charge is 0.350 e. The molecular weight excluding hydrogens is 314 g/mol. The fraction of sp³-hybridized carbons (Fsp3) is 0.158. The number of pyridine rings is 1. The number of rotatable bonds is 6. The highest BCUT2D eigenvalue weighted by molar-refractivity contribution is 5.95. The van der Waals surface area contributed by atoms with Gasteiger partial charge >= 0.3 is 0 Å². The molecule has 2 aromatic heterocycles. The van der Waals surface area contributed by atoms with Crippen LogP contribution in [0.4, 0.5) is 17.5 Å². The maximum atomic E-state index is 11.5. The maximum absolute atomic E-state index is 11.5. The van der Waals surface area contributed by atoms with Gasteiger partial charge in [-0.2, -0.15) is 4.98 Å². The van der Waals surface area contributed by atoms with Crippen LogP contribution in [0.15, 0.2) is 54.9 Å². The lowest BCUT2D eigenvalue weighted by molar-refractivity contribution is 0.101. The lowest BCUT2D eigenvalue weighted by atomic mass is 10.1. The number of carbonyl (C=O) groups is 1. The zero-order chi connectivity index (χ0) is 17.6. The molecule has 3 rings (SSSR count). The molecule has 0 radical (unpaired) electrons. The predicted molar refractivity (Wildman–Crippen MR) is 98.1 cm³/mol. The van der Waals surface area contributed by atoms with Gasteiger partial charge in [-0.05, 0) is 43.7 Å². The number of hydrogen-bond donors (Lipinski definition) is 2. The molecule has 126 valence electrons. The summed E-state index contributed by atoms with van der Waals surface area (Å²) in [7, 11) is 0. The molecular formula is C19H19N5O. The van der Waals surface area contributed by atoms with Crippen molar-refractivity contribution in [2.45, 2.75) is 20.4 Å². The fourth-order valence-corrected chi connectivity index (χ4v) is 2.36. The average Bonchev–Trinajstić information content (AvgIpc) is 2.60. The number of benzene rings is 1. The first kappa shape index (κ1) is 16.6. The molecule has 3 aromatic rings. The number of anilines is 3. The van der Waals surface area contributed by atoms with E-state index in [2.05, 4.69) is 25.6 Å². The zero-order valence-corrected chi connectivity index (χ0v) is 14.2. The van der Waals surface area contributed by atoms with Crippen molar-refractivity contribution < 1.29 is 4.79 Å². The molecule has 0 aliphatic carbocycles. The van der Waals surface area contributed by atoms with Crippen LogP contribution < -0.4 is 10.6 Å². The highest BCUT2D eigenvalue weighted by atomic mass is 16.1. The summed E-state index contributed by atoms with van der Waals surface area (Å²) in [4.78, 5) is 24.4. The molecule has 0 aliphatic heterocycles. The Morgan fingerprint density at radius 1 is 1.08 bits per heavy atom. The summed E-state index contributed by atoms with van der Waals surface area (Å²) in [6.07, 6.45) is 3.51. The minimum atomic E-state index is 0.0298. The number of ketones is 1. The Balaban J connectivity index is 1.75. The third kappa shape index (κ3) is 4.60. The number of aromatic nitrogens is 3. The highest BCUT2D eigenvalue weighted by Crippen LogP contribution is 2.18. The lowest BCUT2D eigenvalue weighted by Crippen LogP contribution is -2.06. The molecule has 2 heterocycles. The summed E-state index contributed by atoms with van der Waals surface area (Å²) < 4.78 is 0. The Labute approximate surface area is 146 Å². The molecule has 0 aliphatic rings. The number of Topliss-reactive ketones (excluding diaryl/α,β-unsaturated/α-hetero) is 1. The van der Waals surface area contributed by atoms with Gasteiger partial charge in [0.15, 0.2) is 5.78 Å². The second kappa shape index (κ2) is 7.53. The third-order valence-corrected chi connectivity index (χ3v) is 3.60. The van der Waals surface area contributed by atoms with Gasteiger partial charge < -0.3 is 10.6 Å². The molecule has 0 saturated carbocycles. The van der Waals surface area contributed by atoms with Gasteiger partial charge in [0, 0.05) is 41.9 Å². The molecule has 6 heteroatoms. The number of nitrogens with one attached hydrogen (secondary N) is 2. The van der Waals surface area contributed by atoms with E-state index >= 15 is 0 Å². The van der Waals surface area contributed by atoms with Crippen molar-refractivity contribution in [1.29, 1.82) is 0 Å². The van der Waals surface area contributed by atoms with E-state index in [9.17, 15) is 4.79 Å². The molecule has 0 bridgehead atoms. The minimum Gasteiger partial charge on any atom is -0.350 e. The first-order valence-electron chi connectivity index (χ1n) is 7.96. The lowest BCUT2D eigenvalue weighted by Gasteiger charge is -2.10. The summed E-state index contributed by atoms with van der Waals surface area (Å²) in [5, 5.41) is 6.44. The smallest absolute Gasteiger partial charge is 0.225 e. The summed E-state index contributed by atoms with van der Waals surface area (Å²) in [5.74, 6) is 1.25. The van der Waals surface area contributed by atoms with Crippen molar-refractivity contribution in [3.8, 4) is 0 Å². The van der Waals surface area contributed by atoms with Gasteiger partial charge in [-0.1, -0.05) is 12.1 Å². The molecule has 2 N–H and O–H groups in total. The SMILES string of the molecule is CC(=O)c1cccc(Nc2cc(C)nc(NCc3ccncc3)n2)c1. The van der Waals surface area contributed by atoms with Crippen molar-refractivity contribution >= 4 is 23.2 Å². The van der Waals surface area contributed by atoms with E-state index in [1.54, 1.807) is 25.4 Å². The van der Waals surface area contributed by atoms with Crippen LogP contribution >= 0.6 is 0 Å². The van der Waals surface area contributed by atoms with E-state index in [0.717, 1.165) is 16.9 Å². The van der Waals surface area contributed by atoms with E-state index < -0.39 is 0 Å². The highest BCUT2D eigenvalue weighted by Gasteiger charge is 2.05. The van der Waals surface area contributed by atoms with Gasteiger partial charge in [0.1, 0.15) is 5.82 Å². The molecule has 0 amide bonds. The predicted octanol–water partition coefficient (Wildman–Crippen LogP) is 3.74. The molecule has 0 unspecified atom stereocenters. The molecule has 0 fully saturated rings.